The Labute approximate surface area is 148 Å². The Kier molecular flexibility index (Phi) is 9.06. The number of benzene rings is 1. The van der Waals surface area contributed by atoms with E-state index >= 15 is 0 Å². The topological polar surface area (TPSA) is 93.7 Å². The molecule has 0 aliphatic heterocycles. The van der Waals surface area contributed by atoms with Crippen LogP contribution in [0.15, 0.2) is 24.3 Å². The van der Waals surface area contributed by atoms with Crippen molar-refractivity contribution in [3.63, 3.8) is 0 Å². The van der Waals surface area contributed by atoms with Gasteiger partial charge in [0.15, 0.2) is 6.10 Å². The lowest BCUT2D eigenvalue weighted by atomic mass is 10.2. The number of ether oxygens (including phenoxy) is 2. The average molecular weight is 350 g/mol. The molecule has 25 heavy (non-hydrogen) atoms. The summed E-state index contributed by atoms with van der Waals surface area (Å²) >= 11 is 0. The number of rotatable bonds is 10. The molecule has 1 aromatic rings. The second-order valence-electron chi connectivity index (χ2n) is 5.44. The van der Waals surface area contributed by atoms with Crippen molar-refractivity contribution in [1.82, 2.24) is 10.6 Å². The fourth-order valence-corrected chi connectivity index (χ4v) is 1.90. The number of nitrogens with one attached hydrogen (secondary N) is 2. The molecule has 0 spiro atoms. The maximum Gasteiger partial charge on any atom is 0.326 e. The minimum Gasteiger partial charge on any atom is -0.494 e. The van der Waals surface area contributed by atoms with Crippen LogP contribution in [-0.4, -0.2) is 43.6 Å². The van der Waals surface area contributed by atoms with Crippen LogP contribution in [0, 0.1) is 0 Å². The largest absolute Gasteiger partial charge is 0.494 e. The molecule has 0 aromatic heterocycles. The molecule has 1 rings (SSSR count). The number of likely N-dealkylation sites (N-methyl/N-ethyl adjacent to an activating group) is 1. The first-order chi connectivity index (χ1) is 12.0. The molecule has 2 N–H and O–H groups in total. The molecule has 7 heteroatoms. The predicted octanol–water partition coefficient (Wildman–Crippen LogP) is 1.66. The predicted molar refractivity (Wildman–Crippen MR) is 93.4 cm³/mol. The Morgan fingerprint density at radius 1 is 1.08 bits per heavy atom. The zero-order chi connectivity index (χ0) is 18.7. The molecule has 7 nitrogen and oxygen atoms in total. The van der Waals surface area contributed by atoms with Crippen LogP contribution in [0.5, 0.6) is 5.75 Å². The van der Waals surface area contributed by atoms with E-state index in [0.717, 1.165) is 12.8 Å². The van der Waals surface area contributed by atoms with Crippen LogP contribution >= 0.6 is 0 Å². The van der Waals surface area contributed by atoms with Crippen molar-refractivity contribution < 1.29 is 23.9 Å². The van der Waals surface area contributed by atoms with Crippen molar-refractivity contribution in [2.24, 2.45) is 0 Å². The molecule has 0 aliphatic rings. The smallest absolute Gasteiger partial charge is 0.326 e. The molecule has 0 radical (unpaired) electrons. The molecule has 0 aliphatic carbocycles. The Morgan fingerprint density at radius 3 is 2.36 bits per heavy atom. The second-order valence-corrected chi connectivity index (χ2v) is 5.44. The quantitative estimate of drug-likeness (QED) is 0.494. The highest BCUT2D eigenvalue weighted by atomic mass is 16.5. The summed E-state index contributed by atoms with van der Waals surface area (Å²) in [6.45, 7) is 6.11. The molecule has 0 fully saturated rings. The first-order valence-electron chi connectivity index (χ1n) is 8.46. The van der Waals surface area contributed by atoms with Gasteiger partial charge >= 0.3 is 5.97 Å². The van der Waals surface area contributed by atoms with E-state index in [1.807, 2.05) is 0 Å². The molecule has 0 unspecified atom stereocenters. The second kappa shape index (κ2) is 11.1. The molecule has 0 saturated carbocycles. The van der Waals surface area contributed by atoms with Gasteiger partial charge in [0.2, 0.25) is 0 Å². The van der Waals surface area contributed by atoms with Gasteiger partial charge in [0.1, 0.15) is 12.3 Å². The van der Waals surface area contributed by atoms with E-state index in [1.54, 1.807) is 31.2 Å². The van der Waals surface area contributed by atoms with Crippen LogP contribution in [-0.2, 0) is 14.3 Å². The van der Waals surface area contributed by atoms with E-state index in [-0.39, 0.29) is 12.5 Å². The van der Waals surface area contributed by atoms with Crippen LogP contribution in [0.25, 0.3) is 0 Å². The third-order valence-corrected chi connectivity index (χ3v) is 3.30. The third kappa shape index (κ3) is 7.69. The van der Waals surface area contributed by atoms with E-state index in [9.17, 15) is 14.4 Å². The molecule has 0 saturated heterocycles. The highest BCUT2D eigenvalue weighted by molar-refractivity contribution is 5.96. The molecule has 2 amide bonds. The Balaban J connectivity index is 2.40. The van der Waals surface area contributed by atoms with Crippen molar-refractivity contribution >= 4 is 17.8 Å². The number of carbonyl (C=O) groups excluding carboxylic acids is 3. The van der Waals surface area contributed by atoms with Crippen LogP contribution < -0.4 is 15.4 Å². The van der Waals surface area contributed by atoms with Crippen molar-refractivity contribution in [1.29, 1.82) is 0 Å². The summed E-state index contributed by atoms with van der Waals surface area (Å²) in [5, 5.41) is 5.01. The van der Waals surface area contributed by atoms with E-state index in [2.05, 4.69) is 17.6 Å². The van der Waals surface area contributed by atoms with E-state index in [1.165, 1.54) is 6.92 Å². The van der Waals surface area contributed by atoms with E-state index in [4.69, 9.17) is 9.47 Å². The average Bonchev–Trinajstić information content (AvgIpc) is 2.60. The molecule has 1 aromatic carbocycles. The number of amides is 2. The number of hydrogen-bond donors (Lipinski definition) is 2. The maximum absolute atomic E-state index is 12.0. The van der Waals surface area contributed by atoms with Crippen molar-refractivity contribution in [2.75, 3.05) is 19.7 Å². The molecular formula is C18H26N2O5. The SMILES string of the molecule is CCCCOc1ccc(C(=O)NCC(=O)O[C@H](C)C(=O)NCC)cc1. The van der Waals surface area contributed by atoms with E-state index in [0.29, 0.717) is 24.5 Å². The van der Waals surface area contributed by atoms with Gasteiger partial charge in [-0.3, -0.25) is 14.4 Å². The summed E-state index contributed by atoms with van der Waals surface area (Å²) in [7, 11) is 0. The Hall–Kier alpha value is -2.57. The van der Waals surface area contributed by atoms with Gasteiger partial charge in [-0.2, -0.15) is 0 Å². The first-order valence-corrected chi connectivity index (χ1v) is 8.46. The molecule has 1 atom stereocenters. The van der Waals surface area contributed by atoms with Gasteiger partial charge in [-0.05, 0) is 44.5 Å². The molecule has 138 valence electrons. The van der Waals surface area contributed by atoms with E-state index < -0.39 is 18.0 Å². The monoisotopic (exact) mass is 350 g/mol. The van der Waals surface area contributed by atoms with Crippen LogP contribution in [0.4, 0.5) is 0 Å². The highest BCUT2D eigenvalue weighted by Gasteiger charge is 2.17. The summed E-state index contributed by atoms with van der Waals surface area (Å²) in [5.41, 5.74) is 0.410. The molecule has 0 heterocycles. The van der Waals surface area contributed by atoms with Gasteiger partial charge in [0, 0.05) is 12.1 Å². The van der Waals surface area contributed by atoms with Crippen LogP contribution in [0.1, 0.15) is 44.0 Å². The number of hydrogen-bond acceptors (Lipinski definition) is 5. The number of carbonyl (C=O) groups is 3. The lowest BCUT2D eigenvalue weighted by Crippen LogP contribution is -2.38. The highest BCUT2D eigenvalue weighted by Crippen LogP contribution is 2.12. The van der Waals surface area contributed by atoms with Gasteiger partial charge in [0.05, 0.1) is 6.61 Å². The van der Waals surface area contributed by atoms with Crippen LogP contribution in [0.3, 0.4) is 0 Å². The fraction of sp³-hybridized carbons (Fsp3) is 0.500. The zero-order valence-corrected chi connectivity index (χ0v) is 15.0. The van der Waals surface area contributed by atoms with Gasteiger partial charge in [-0.25, -0.2) is 0 Å². The zero-order valence-electron chi connectivity index (χ0n) is 15.0. The minimum atomic E-state index is -0.899. The lowest BCUT2D eigenvalue weighted by Gasteiger charge is -2.13. The lowest BCUT2D eigenvalue weighted by molar-refractivity contribution is -0.153. The maximum atomic E-state index is 12.0. The summed E-state index contributed by atoms with van der Waals surface area (Å²) in [6, 6.07) is 6.67. The summed E-state index contributed by atoms with van der Waals surface area (Å²) in [4.78, 5) is 35.1. The van der Waals surface area contributed by atoms with Gasteiger partial charge < -0.3 is 20.1 Å². The summed E-state index contributed by atoms with van der Waals surface area (Å²) < 4.78 is 10.5. The van der Waals surface area contributed by atoms with Gasteiger partial charge in [-0.15, -0.1) is 0 Å². The fourth-order valence-electron chi connectivity index (χ4n) is 1.90. The number of esters is 1. The van der Waals surface area contributed by atoms with Gasteiger partial charge in [-0.1, -0.05) is 13.3 Å². The van der Waals surface area contributed by atoms with Crippen molar-refractivity contribution in [3.8, 4) is 5.75 Å². The third-order valence-electron chi connectivity index (χ3n) is 3.30. The number of unbranched alkanes of at least 4 members (excludes halogenated alkanes) is 1. The van der Waals surface area contributed by atoms with Gasteiger partial charge in [0.25, 0.3) is 11.8 Å². The van der Waals surface area contributed by atoms with Crippen LogP contribution in [0.2, 0.25) is 0 Å². The standard InChI is InChI=1S/C18H26N2O5/c1-4-6-11-24-15-9-7-14(8-10-15)18(23)20-12-16(21)25-13(3)17(22)19-5-2/h7-10,13H,4-6,11-12H2,1-3H3,(H,19,22)(H,20,23)/t13-/m1/s1. The van der Waals surface area contributed by atoms with Crippen molar-refractivity contribution in [2.45, 2.75) is 39.7 Å². The summed E-state index contributed by atoms with van der Waals surface area (Å²) in [5.74, 6) is -0.754. The minimum absolute atomic E-state index is 0.308. The molecule has 0 bridgehead atoms. The normalized spacial score (nSPS) is 11.3. The first kappa shape index (κ1) is 20.5. The van der Waals surface area contributed by atoms with Crippen molar-refractivity contribution in [3.05, 3.63) is 29.8 Å². The summed E-state index contributed by atoms with van der Waals surface area (Å²) in [6.07, 6.45) is 1.12. The Bertz CT molecular complexity index is 571. The Morgan fingerprint density at radius 2 is 1.76 bits per heavy atom. The molecular weight excluding hydrogens is 324 g/mol.